The molecule has 1 saturated heterocycles. The van der Waals surface area contributed by atoms with E-state index < -0.39 is 5.97 Å². The maximum atomic E-state index is 12.4. The number of carbonyl (C=O) groups is 2. The molecule has 1 aliphatic heterocycles. The average Bonchev–Trinajstić information content (AvgIpc) is 2.91. The number of aliphatic carboxylic acids is 1. The first-order valence-corrected chi connectivity index (χ1v) is 8.42. The third-order valence-corrected chi connectivity index (χ3v) is 5.55. The lowest BCUT2D eigenvalue weighted by atomic mass is 9.84. The molecule has 2 aliphatic carbocycles. The summed E-state index contributed by atoms with van der Waals surface area (Å²) in [6, 6.07) is 0.493. The minimum absolute atomic E-state index is 0.0387. The third kappa shape index (κ3) is 3.39. The Morgan fingerprint density at radius 1 is 1.00 bits per heavy atom. The molecule has 0 aromatic heterocycles. The van der Waals surface area contributed by atoms with E-state index >= 15 is 0 Å². The minimum atomic E-state index is -0.723. The number of rotatable bonds is 3. The van der Waals surface area contributed by atoms with Gasteiger partial charge in [0.05, 0.1) is 12.0 Å². The molecule has 0 aromatic rings. The molecular weight excluding hydrogens is 268 g/mol. The largest absolute Gasteiger partial charge is 0.481 e. The van der Waals surface area contributed by atoms with Crippen LogP contribution in [0, 0.1) is 11.8 Å². The van der Waals surface area contributed by atoms with Gasteiger partial charge in [0.25, 0.3) is 0 Å². The van der Waals surface area contributed by atoms with Gasteiger partial charge in [0.15, 0.2) is 0 Å². The van der Waals surface area contributed by atoms with Gasteiger partial charge in [0.1, 0.15) is 0 Å². The molecule has 0 spiro atoms. The van der Waals surface area contributed by atoms with Crippen molar-refractivity contribution in [1.82, 2.24) is 10.6 Å². The Morgan fingerprint density at radius 2 is 1.81 bits per heavy atom. The number of amides is 1. The second kappa shape index (κ2) is 6.34. The van der Waals surface area contributed by atoms with E-state index in [9.17, 15) is 9.59 Å². The summed E-state index contributed by atoms with van der Waals surface area (Å²) in [5.74, 6) is -0.268. The van der Waals surface area contributed by atoms with E-state index in [0.717, 1.165) is 25.7 Å². The molecule has 0 radical (unpaired) electrons. The van der Waals surface area contributed by atoms with Crippen molar-refractivity contribution in [3.8, 4) is 0 Å². The SMILES string of the molecule is O=C(O)C1CCCC(NC(=O)C2CC3CCCCC3N2)C1. The first kappa shape index (κ1) is 14.8. The number of hydrogen-bond acceptors (Lipinski definition) is 3. The molecule has 3 rings (SSSR count). The molecule has 5 heteroatoms. The van der Waals surface area contributed by atoms with Crippen LogP contribution in [0.3, 0.4) is 0 Å². The number of carbonyl (C=O) groups excluding carboxylic acids is 1. The van der Waals surface area contributed by atoms with E-state index in [-0.39, 0.29) is 23.9 Å². The maximum Gasteiger partial charge on any atom is 0.306 e. The molecule has 1 heterocycles. The van der Waals surface area contributed by atoms with Crippen molar-refractivity contribution in [2.45, 2.75) is 75.9 Å². The summed E-state index contributed by atoms with van der Waals surface area (Å²) in [6.45, 7) is 0. The van der Waals surface area contributed by atoms with Crippen molar-refractivity contribution in [1.29, 1.82) is 0 Å². The Kier molecular flexibility index (Phi) is 4.48. The third-order valence-electron chi connectivity index (χ3n) is 5.55. The molecule has 5 nitrogen and oxygen atoms in total. The number of carboxylic acid groups (broad SMARTS) is 1. The standard InChI is InChI=1S/C16H26N2O3/c19-15(14-9-10-4-1-2-7-13(10)18-14)17-12-6-3-5-11(8-12)16(20)21/h10-14,18H,1-9H2,(H,17,19)(H,20,21). The second-order valence-corrected chi connectivity index (χ2v) is 7.01. The number of hydrogen-bond donors (Lipinski definition) is 3. The van der Waals surface area contributed by atoms with Gasteiger partial charge in [-0.05, 0) is 44.4 Å². The van der Waals surface area contributed by atoms with Gasteiger partial charge in [0, 0.05) is 12.1 Å². The predicted octanol–water partition coefficient (Wildman–Crippen LogP) is 1.67. The van der Waals surface area contributed by atoms with E-state index in [2.05, 4.69) is 10.6 Å². The number of nitrogens with one attached hydrogen (secondary N) is 2. The highest BCUT2D eigenvalue weighted by atomic mass is 16.4. The van der Waals surface area contributed by atoms with Crippen LogP contribution in [0.25, 0.3) is 0 Å². The summed E-state index contributed by atoms with van der Waals surface area (Å²) in [5, 5.41) is 15.7. The molecule has 3 fully saturated rings. The van der Waals surface area contributed by atoms with E-state index in [1.54, 1.807) is 0 Å². The van der Waals surface area contributed by atoms with E-state index in [4.69, 9.17) is 5.11 Å². The van der Waals surface area contributed by atoms with Gasteiger partial charge >= 0.3 is 5.97 Å². The van der Waals surface area contributed by atoms with Crippen molar-refractivity contribution in [2.75, 3.05) is 0 Å². The quantitative estimate of drug-likeness (QED) is 0.740. The van der Waals surface area contributed by atoms with Crippen LogP contribution < -0.4 is 10.6 Å². The Morgan fingerprint density at radius 3 is 2.57 bits per heavy atom. The molecule has 5 unspecified atom stereocenters. The van der Waals surface area contributed by atoms with Gasteiger partial charge in [-0.1, -0.05) is 19.3 Å². The van der Waals surface area contributed by atoms with Gasteiger partial charge in [0.2, 0.25) is 5.91 Å². The molecule has 0 aromatic carbocycles. The second-order valence-electron chi connectivity index (χ2n) is 7.01. The van der Waals surface area contributed by atoms with Gasteiger partial charge in [-0.3, -0.25) is 9.59 Å². The normalized spacial score (nSPS) is 39.5. The topological polar surface area (TPSA) is 78.4 Å². The lowest BCUT2D eigenvalue weighted by molar-refractivity contribution is -0.143. The molecule has 21 heavy (non-hydrogen) atoms. The number of fused-ring (bicyclic) bond motifs is 1. The van der Waals surface area contributed by atoms with Crippen molar-refractivity contribution < 1.29 is 14.7 Å². The van der Waals surface area contributed by atoms with Crippen LogP contribution in [0.5, 0.6) is 0 Å². The summed E-state index contributed by atoms with van der Waals surface area (Å²) < 4.78 is 0. The monoisotopic (exact) mass is 294 g/mol. The highest BCUT2D eigenvalue weighted by molar-refractivity contribution is 5.82. The molecule has 1 amide bonds. The smallest absolute Gasteiger partial charge is 0.306 e. The maximum absolute atomic E-state index is 12.4. The van der Waals surface area contributed by atoms with E-state index in [1.165, 1.54) is 25.7 Å². The van der Waals surface area contributed by atoms with Gasteiger partial charge in [-0.2, -0.15) is 0 Å². The first-order valence-electron chi connectivity index (χ1n) is 8.42. The Balaban J connectivity index is 1.51. The van der Waals surface area contributed by atoms with Gasteiger partial charge < -0.3 is 15.7 Å². The van der Waals surface area contributed by atoms with Crippen LogP contribution in [-0.4, -0.2) is 35.1 Å². The van der Waals surface area contributed by atoms with Crippen LogP contribution in [0.1, 0.15) is 57.8 Å². The molecule has 3 N–H and O–H groups in total. The fourth-order valence-corrected chi connectivity index (χ4v) is 4.37. The Labute approximate surface area is 125 Å². The highest BCUT2D eigenvalue weighted by Crippen LogP contribution is 2.33. The van der Waals surface area contributed by atoms with Crippen molar-refractivity contribution in [2.24, 2.45) is 11.8 Å². The summed E-state index contributed by atoms with van der Waals surface area (Å²) in [4.78, 5) is 23.5. The van der Waals surface area contributed by atoms with Crippen LogP contribution in [0.4, 0.5) is 0 Å². The molecule has 3 aliphatic rings. The van der Waals surface area contributed by atoms with E-state index in [1.807, 2.05) is 0 Å². The summed E-state index contributed by atoms with van der Waals surface area (Å²) in [7, 11) is 0. The van der Waals surface area contributed by atoms with Crippen LogP contribution in [-0.2, 0) is 9.59 Å². The Hall–Kier alpha value is -1.10. The van der Waals surface area contributed by atoms with Crippen LogP contribution >= 0.6 is 0 Å². The van der Waals surface area contributed by atoms with Crippen molar-refractivity contribution in [3.63, 3.8) is 0 Å². The van der Waals surface area contributed by atoms with Gasteiger partial charge in [-0.25, -0.2) is 0 Å². The fraction of sp³-hybridized carbons (Fsp3) is 0.875. The summed E-state index contributed by atoms with van der Waals surface area (Å²) in [6.07, 6.45) is 9.08. The predicted molar refractivity (Wildman–Crippen MR) is 78.8 cm³/mol. The number of carboxylic acids is 1. The first-order chi connectivity index (χ1) is 10.1. The van der Waals surface area contributed by atoms with Crippen molar-refractivity contribution in [3.05, 3.63) is 0 Å². The van der Waals surface area contributed by atoms with Crippen LogP contribution in [0.15, 0.2) is 0 Å². The zero-order valence-electron chi connectivity index (χ0n) is 12.5. The van der Waals surface area contributed by atoms with Crippen molar-refractivity contribution >= 4 is 11.9 Å². The van der Waals surface area contributed by atoms with E-state index in [0.29, 0.717) is 18.4 Å². The van der Waals surface area contributed by atoms with Gasteiger partial charge in [-0.15, -0.1) is 0 Å². The summed E-state index contributed by atoms with van der Waals surface area (Å²) in [5.41, 5.74) is 0. The Bertz CT molecular complexity index is 398. The molecule has 5 atom stereocenters. The lowest BCUT2D eigenvalue weighted by Crippen LogP contribution is -2.48. The fourth-order valence-electron chi connectivity index (χ4n) is 4.37. The summed E-state index contributed by atoms with van der Waals surface area (Å²) >= 11 is 0. The minimum Gasteiger partial charge on any atom is -0.481 e. The molecule has 0 bridgehead atoms. The lowest BCUT2D eigenvalue weighted by Gasteiger charge is -2.28. The molecule has 2 saturated carbocycles. The highest BCUT2D eigenvalue weighted by Gasteiger charge is 2.39. The molecule has 118 valence electrons. The zero-order valence-corrected chi connectivity index (χ0v) is 12.5. The van der Waals surface area contributed by atoms with Crippen LogP contribution in [0.2, 0.25) is 0 Å². The molecular formula is C16H26N2O3. The average molecular weight is 294 g/mol. The zero-order chi connectivity index (χ0) is 14.8.